The summed E-state index contributed by atoms with van der Waals surface area (Å²) in [4.78, 5) is 29.7. The molecule has 2 heterocycles. The van der Waals surface area contributed by atoms with E-state index in [1.165, 1.54) is 9.80 Å². The third-order valence-electron chi connectivity index (χ3n) is 5.17. The first kappa shape index (κ1) is 20.9. The van der Waals surface area contributed by atoms with E-state index in [9.17, 15) is 14.0 Å². The van der Waals surface area contributed by atoms with E-state index in [0.717, 1.165) is 6.07 Å². The molecule has 1 saturated heterocycles. The van der Waals surface area contributed by atoms with Gasteiger partial charge in [-0.25, -0.2) is 8.78 Å². The number of carbonyl (C=O) groups excluding carboxylic acids is 2. The lowest BCUT2D eigenvalue weighted by atomic mass is 10.00. The minimum absolute atomic E-state index is 0.0351. The molecule has 2 atom stereocenters. The number of nitrogens with zero attached hydrogens (tertiary/aromatic N) is 2. The van der Waals surface area contributed by atoms with Crippen LogP contribution in [-0.2, 0) is 4.79 Å². The highest BCUT2D eigenvalue weighted by Gasteiger charge is 2.34. The minimum atomic E-state index is -1.29. The number of hydrogen-bond acceptors (Lipinski definition) is 3. The van der Waals surface area contributed by atoms with E-state index >= 15 is 4.39 Å². The second-order valence-corrected chi connectivity index (χ2v) is 7.49. The van der Waals surface area contributed by atoms with Crippen molar-refractivity contribution in [2.24, 2.45) is 5.73 Å². The quantitative estimate of drug-likeness (QED) is 0.746. The van der Waals surface area contributed by atoms with Gasteiger partial charge in [0.25, 0.3) is 11.8 Å². The smallest absolute Gasteiger partial charge is 0.298 e. The van der Waals surface area contributed by atoms with Crippen LogP contribution in [0.4, 0.5) is 14.5 Å². The molecule has 1 aliphatic rings. The molecule has 0 bridgehead atoms. The van der Waals surface area contributed by atoms with Crippen molar-refractivity contribution in [2.45, 2.75) is 32.5 Å². The number of H-pyrrole nitrogens is 1. The summed E-state index contributed by atoms with van der Waals surface area (Å²) in [5.41, 5.74) is 6.26. The van der Waals surface area contributed by atoms with Crippen LogP contribution in [0.2, 0.25) is 5.02 Å². The van der Waals surface area contributed by atoms with Crippen molar-refractivity contribution in [3.8, 4) is 11.8 Å². The number of amides is 2. The molecular formula is C20H21ClF2N4O2. The number of carbonyl (C=O) groups is 2. The Labute approximate surface area is 172 Å². The Balaban J connectivity index is 2.11. The van der Waals surface area contributed by atoms with Gasteiger partial charge in [0, 0.05) is 37.6 Å². The number of likely N-dealkylation sites (N-methyl/N-ethyl adjacent to an activating group) is 1. The van der Waals surface area contributed by atoms with E-state index in [1.54, 1.807) is 20.9 Å². The zero-order chi connectivity index (χ0) is 21.5. The van der Waals surface area contributed by atoms with Crippen LogP contribution in [0.5, 0.6) is 0 Å². The van der Waals surface area contributed by atoms with Crippen LogP contribution in [0.3, 0.4) is 0 Å². The molecule has 1 aromatic heterocycles. The molecule has 1 aliphatic heterocycles. The molecule has 3 rings (SSSR count). The summed E-state index contributed by atoms with van der Waals surface area (Å²) in [7, 11) is 1.54. The zero-order valence-electron chi connectivity index (χ0n) is 16.3. The molecule has 0 unspecified atom stereocenters. The van der Waals surface area contributed by atoms with Crippen molar-refractivity contribution in [1.82, 2.24) is 9.88 Å². The lowest BCUT2D eigenvalue weighted by Crippen LogP contribution is -2.52. The number of nitrogens with two attached hydrogens (primary N) is 1. The minimum Gasteiger partial charge on any atom is -0.366 e. The number of piperidine rings is 1. The molecular weight excluding hydrogens is 402 g/mol. The van der Waals surface area contributed by atoms with Gasteiger partial charge in [-0.3, -0.25) is 9.59 Å². The number of fused-ring (bicyclic) bond motifs is 1. The largest absolute Gasteiger partial charge is 0.366 e. The van der Waals surface area contributed by atoms with Crippen LogP contribution in [-0.4, -0.2) is 54.0 Å². The molecule has 29 heavy (non-hydrogen) atoms. The second-order valence-electron chi connectivity index (χ2n) is 7.12. The van der Waals surface area contributed by atoms with Gasteiger partial charge < -0.3 is 20.5 Å². The summed E-state index contributed by atoms with van der Waals surface area (Å²) in [6.45, 7) is 3.35. The number of alkyl halides is 1. The van der Waals surface area contributed by atoms with Gasteiger partial charge in [-0.1, -0.05) is 17.5 Å². The van der Waals surface area contributed by atoms with Crippen LogP contribution in [0.25, 0.3) is 10.9 Å². The van der Waals surface area contributed by atoms with Gasteiger partial charge in [0.05, 0.1) is 27.8 Å². The lowest BCUT2D eigenvalue weighted by Gasteiger charge is -2.40. The predicted molar refractivity (Wildman–Crippen MR) is 108 cm³/mol. The Bertz CT molecular complexity index is 1060. The fourth-order valence-electron chi connectivity index (χ4n) is 3.75. The average Bonchev–Trinajstić information content (AvgIpc) is 2.95. The normalized spacial score (nSPS) is 19.0. The molecule has 0 radical (unpaired) electrons. The molecule has 6 nitrogen and oxygen atoms in total. The van der Waals surface area contributed by atoms with E-state index in [-0.39, 0.29) is 41.2 Å². The zero-order valence-corrected chi connectivity index (χ0v) is 17.0. The summed E-state index contributed by atoms with van der Waals surface area (Å²) in [6, 6.07) is 0.525. The number of primary amides is 1. The van der Waals surface area contributed by atoms with E-state index in [0.29, 0.717) is 11.2 Å². The van der Waals surface area contributed by atoms with E-state index in [4.69, 9.17) is 17.3 Å². The first-order valence-corrected chi connectivity index (χ1v) is 9.42. The maximum atomic E-state index is 15.1. The third kappa shape index (κ3) is 3.75. The average molecular weight is 423 g/mol. The number of benzene rings is 1. The van der Waals surface area contributed by atoms with Gasteiger partial charge in [-0.2, -0.15) is 0 Å². The van der Waals surface area contributed by atoms with Gasteiger partial charge in [0.15, 0.2) is 0 Å². The second kappa shape index (κ2) is 7.91. The van der Waals surface area contributed by atoms with Crippen molar-refractivity contribution in [3.05, 3.63) is 28.2 Å². The fourth-order valence-corrected chi connectivity index (χ4v) is 3.98. The highest BCUT2D eigenvalue weighted by atomic mass is 35.5. The van der Waals surface area contributed by atoms with Crippen LogP contribution >= 0.6 is 11.6 Å². The highest BCUT2D eigenvalue weighted by Crippen LogP contribution is 2.40. The van der Waals surface area contributed by atoms with Crippen LogP contribution < -0.4 is 10.6 Å². The number of aryl methyl sites for hydroxylation is 1. The molecule has 9 heteroatoms. The van der Waals surface area contributed by atoms with Crippen molar-refractivity contribution < 1.29 is 18.4 Å². The Morgan fingerprint density at radius 2 is 2.10 bits per heavy atom. The molecule has 0 spiro atoms. The maximum Gasteiger partial charge on any atom is 0.298 e. The van der Waals surface area contributed by atoms with E-state index in [1.807, 2.05) is 0 Å². The first-order valence-electron chi connectivity index (χ1n) is 9.04. The number of nitrogens with one attached hydrogen (secondary N) is 1. The van der Waals surface area contributed by atoms with E-state index in [2.05, 4.69) is 16.8 Å². The summed E-state index contributed by atoms with van der Waals surface area (Å²) in [5, 5.41) is 0.504. The monoisotopic (exact) mass is 422 g/mol. The summed E-state index contributed by atoms with van der Waals surface area (Å²) in [6.07, 6.45) is -1.17. The SMILES string of the molecule is CC#CC(=O)N(C)[C@H]1C[C@H](F)CN(c2c(F)cc(C(N)=O)c3[nH]c(C)c(Cl)c23)C1. The first-order chi connectivity index (χ1) is 13.6. The lowest BCUT2D eigenvalue weighted by molar-refractivity contribution is -0.126. The van der Waals surface area contributed by atoms with Gasteiger partial charge in [-0.15, -0.1) is 0 Å². The fraction of sp³-hybridized carbons (Fsp3) is 0.400. The molecule has 3 N–H and O–H groups in total. The van der Waals surface area contributed by atoms with Crippen LogP contribution in [0, 0.1) is 24.6 Å². The predicted octanol–water partition coefficient (Wildman–Crippen LogP) is 2.77. The van der Waals surface area contributed by atoms with Crippen molar-refractivity contribution in [1.29, 1.82) is 0 Å². The van der Waals surface area contributed by atoms with Crippen LogP contribution in [0.1, 0.15) is 29.4 Å². The van der Waals surface area contributed by atoms with Gasteiger partial charge in [0.1, 0.15) is 12.0 Å². The molecule has 0 aliphatic carbocycles. The van der Waals surface area contributed by atoms with Crippen molar-refractivity contribution in [2.75, 3.05) is 25.0 Å². The highest BCUT2D eigenvalue weighted by molar-refractivity contribution is 6.38. The summed E-state index contributed by atoms with van der Waals surface area (Å²) >= 11 is 6.39. The van der Waals surface area contributed by atoms with E-state index < -0.39 is 29.8 Å². The molecule has 2 amide bonds. The van der Waals surface area contributed by atoms with Crippen molar-refractivity contribution >= 4 is 40.0 Å². The van der Waals surface area contributed by atoms with Gasteiger partial charge >= 0.3 is 0 Å². The number of aromatic amines is 1. The number of aromatic nitrogens is 1. The summed E-state index contributed by atoms with van der Waals surface area (Å²) < 4.78 is 29.7. The Morgan fingerprint density at radius 1 is 1.41 bits per heavy atom. The van der Waals surface area contributed by atoms with Gasteiger partial charge in [0.2, 0.25) is 0 Å². The van der Waals surface area contributed by atoms with Crippen molar-refractivity contribution in [3.63, 3.8) is 0 Å². The summed E-state index contributed by atoms with van der Waals surface area (Å²) in [5.74, 6) is 2.99. The third-order valence-corrected chi connectivity index (χ3v) is 5.65. The number of halogens is 3. The maximum absolute atomic E-state index is 15.1. The molecule has 154 valence electrons. The number of hydrogen-bond donors (Lipinski definition) is 2. The Hall–Kier alpha value is -2.79. The Morgan fingerprint density at radius 3 is 2.72 bits per heavy atom. The number of rotatable bonds is 3. The Kier molecular flexibility index (Phi) is 5.71. The molecule has 0 saturated carbocycles. The molecule has 1 aromatic carbocycles. The number of anilines is 1. The molecule has 2 aromatic rings. The van der Waals surface area contributed by atoms with Crippen LogP contribution in [0.15, 0.2) is 6.07 Å². The topological polar surface area (TPSA) is 82.4 Å². The standard InChI is InChI=1S/C20H21ClF2N4O2/c1-4-5-15(28)26(3)12-6-11(22)8-27(9-12)19-14(23)7-13(20(24)29)18-16(19)17(21)10(2)25-18/h7,11-12,25H,6,8-9H2,1-3H3,(H2,24,29)/t11-,12-/m0/s1. The molecule has 1 fully saturated rings. The van der Waals surface area contributed by atoms with Gasteiger partial charge in [-0.05, 0) is 25.8 Å².